The number of hydrogen-bond donors (Lipinski definition) is 2. The first kappa shape index (κ1) is 17.6. The Morgan fingerprint density at radius 2 is 1.88 bits per heavy atom. The standard InChI is InChI=1S/C18H24N4O2/c1-14(2)22-18(19)21-13-15-8-9-17(20-12-15)24-11-10-23-16-6-4-3-5-7-16/h3-9,12,14H,10-11,13H2,1-2H3,(H3,19,21,22). The van der Waals surface area contributed by atoms with Crippen LogP contribution in [0, 0.1) is 0 Å². The fraction of sp³-hybridized carbons (Fsp3) is 0.333. The summed E-state index contributed by atoms with van der Waals surface area (Å²) in [5.41, 5.74) is 6.73. The summed E-state index contributed by atoms with van der Waals surface area (Å²) in [6.45, 7) is 5.41. The molecule has 0 aliphatic heterocycles. The lowest BCUT2D eigenvalue weighted by atomic mass is 10.3. The highest BCUT2D eigenvalue weighted by atomic mass is 16.5. The van der Waals surface area contributed by atoms with Gasteiger partial charge in [-0.2, -0.15) is 0 Å². The average Bonchev–Trinajstić information content (AvgIpc) is 2.58. The van der Waals surface area contributed by atoms with Crippen molar-refractivity contribution in [2.24, 2.45) is 10.7 Å². The first-order chi connectivity index (χ1) is 11.6. The molecule has 1 aromatic heterocycles. The minimum Gasteiger partial charge on any atom is -0.490 e. The van der Waals surface area contributed by atoms with E-state index in [1.165, 1.54) is 0 Å². The van der Waals surface area contributed by atoms with Crippen molar-refractivity contribution in [2.45, 2.75) is 26.4 Å². The molecule has 0 saturated carbocycles. The third-order valence-electron chi connectivity index (χ3n) is 3.01. The molecule has 0 unspecified atom stereocenters. The van der Waals surface area contributed by atoms with Gasteiger partial charge in [0.25, 0.3) is 0 Å². The summed E-state index contributed by atoms with van der Waals surface area (Å²) in [7, 11) is 0. The van der Waals surface area contributed by atoms with Crippen molar-refractivity contribution >= 4 is 5.96 Å². The molecular formula is C18H24N4O2. The summed E-state index contributed by atoms with van der Waals surface area (Å²) in [6, 6.07) is 13.6. The van der Waals surface area contributed by atoms with Crippen molar-refractivity contribution in [1.82, 2.24) is 10.3 Å². The molecule has 0 atom stereocenters. The van der Waals surface area contributed by atoms with Gasteiger partial charge < -0.3 is 20.5 Å². The Morgan fingerprint density at radius 3 is 2.54 bits per heavy atom. The lowest BCUT2D eigenvalue weighted by molar-refractivity contribution is 0.212. The predicted octanol–water partition coefficient (Wildman–Crippen LogP) is 2.35. The Morgan fingerprint density at radius 1 is 1.12 bits per heavy atom. The molecule has 3 N–H and O–H groups in total. The van der Waals surface area contributed by atoms with Crippen molar-refractivity contribution in [3.05, 3.63) is 54.2 Å². The lowest BCUT2D eigenvalue weighted by Crippen LogP contribution is -2.36. The monoisotopic (exact) mass is 328 g/mol. The van der Waals surface area contributed by atoms with Crippen LogP contribution in [0.1, 0.15) is 19.4 Å². The zero-order valence-corrected chi connectivity index (χ0v) is 14.1. The number of para-hydroxylation sites is 1. The molecule has 6 nitrogen and oxygen atoms in total. The molecule has 0 aliphatic carbocycles. The molecule has 1 heterocycles. The van der Waals surface area contributed by atoms with Crippen molar-refractivity contribution in [3.8, 4) is 11.6 Å². The molecule has 2 rings (SSSR count). The summed E-state index contributed by atoms with van der Waals surface area (Å²) >= 11 is 0. The highest BCUT2D eigenvalue weighted by molar-refractivity contribution is 5.78. The van der Waals surface area contributed by atoms with Gasteiger partial charge in [-0.1, -0.05) is 24.3 Å². The maximum absolute atomic E-state index is 5.76. The van der Waals surface area contributed by atoms with E-state index in [-0.39, 0.29) is 6.04 Å². The van der Waals surface area contributed by atoms with Crippen molar-refractivity contribution < 1.29 is 9.47 Å². The molecular weight excluding hydrogens is 304 g/mol. The normalized spacial score (nSPS) is 11.4. The van der Waals surface area contributed by atoms with Gasteiger partial charge in [0.15, 0.2) is 5.96 Å². The van der Waals surface area contributed by atoms with E-state index in [4.69, 9.17) is 15.2 Å². The molecule has 0 bridgehead atoms. The summed E-state index contributed by atoms with van der Waals surface area (Å²) in [4.78, 5) is 8.51. The number of nitrogens with one attached hydrogen (secondary N) is 1. The number of nitrogens with zero attached hydrogens (tertiary/aromatic N) is 2. The van der Waals surface area contributed by atoms with Crippen LogP contribution in [-0.2, 0) is 6.54 Å². The zero-order chi connectivity index (χ0) is 17.2. The predicted molar refractivity (Wildman–Crippen MR) is 95.3 cm³/mol. The topological polar surface area (TPSA) is 81.8 Å². The van der Waals surface area contributed by atoms with E-state index >= 15 is 0 Å². The van der Waals surface area contributed by atoms with Gasteiger partial charge in [-0.05, 0) is 31.5 Å². The maximum Gasteiger partial charge on any atom is 0.213 e. The lowest BCUT2D eigenvalue weighted by Gasteiger charge is -2.09. The maximum atomic E-state index is 5.76. The number of aromatic nitrogens is 1. The summed E-state index contributed by atoms with van der Waals surface area (Å²) in [5, 5.41) is 3.04. The molecule has 128 valence electrons. The van der Waals surface area contributed by atoms with Crippen LogP contribution < -0.4 is 20.5 Å². The Labute approximate surface area is 142 Å². The number of nitrogens with two attached hydrogens (primary N) is 1. The molecule has 0 radical (unpaired) electrons. The van der Waals surface area contributed by atoms with E-state index in [2.05, 4.69) is 15.3 Å². The fourth-order valence-corrected chi connectivity index (χ4v) is 1.93. The van der Waals surface area contributed by atoms with Crippen LogP contribution in [0.2, 0.25) is 0 Å². The van der Waals surface area contributed by atoms with Gasteiger partial charge in [-0.3, -0.25) is 0 Å². The third kappa shape index (κ3) is 6.56. The highest BCUT2D eigenvalue weighted by Gasteiger charge is 1.99. The molecule has 0 amide bonds. The van der Waals surface area contributed by atoms with Gasteiger partial charge in [0.1, 0.15) is 19.0 Å². The van der Waals surface area contributed by atoms with Crippen molar-refractivity contribution in [1.29, 1.82) is 0 Å². The smallest absolute Gasteiger partial charge is 0.213 e. The van der Waals surface area contributed by atoms with Gasteiger partial charge in [0, 0.05) is 18.3 Å². The van der Waals surface area contributed by atoms with Gasteiger partial charge in [0.2, 0.25) is 5.88 Å². The zero-order valence-electron chi connectivity index (χ0n) is 14.1. The van der Waals surface area contributed by atoms with Gasteiger partial charge in [0.05, 0.1) is 6.54 Å². The van der Waals surface area contributed by atoms with E-state index in [0.717, 1.165) is 11.3 Å². The minimum absolute atomic E-state index is 0.265. The van der Waals surface area contributed by atoms with Crippen molar-refractivity contribution in [2.75, 3.05) is 13.2 Å². The molecule has 24 heavy (non-hydrogen) atoms. The molecule has 2 aromatic rings. The Balaban J connectivity index is 1.72. The number of aliphatic imine (C=N–C) groups is 1. The van der Waals surface area contributed by atoms with Gasteiger partial charge in [-0.15, -0.1) is 0 Å². The summed E-state index contributed by atoms with van der Waals surface area (Å²) in [5.74, 6) is 1.82. The van der Waals surface area contributed by atoms with E-state index in [1.54, 1.807) is 6.20 Å². The molecule has 6 heteroatoms. The van der Waals surface area contributed by atoms with Crippen LogP contribution in [-0.4, -0.2) is 30.2 Å². The number of ether oxygens (including phenoxy) is 2. The second-order valence-corrected chi connectivity index (χ2v) is 5.52. The highest BCUT2D eigenvalue weighted by Crippen LogP contribution is 2.10. The van der Waals surface area contributed by atoms with E-state index in [9.17, 15) is 0 Å². The SMILES string of the molecule is CC(C)NC(N)=NCc1ccc(OCCOc2ccccc2)nc1. The summed E-state index contributed by atoms with van der Waals surface area (Å²) in [6.07, 6.45) is 1.74. The number of hydrogen-bond acceptors (Lipinski definition) is 4. The molecule has 0 saturated heterocycles. The number of benzene rings is 1. The Kier molecular flexibility index (Phi) is 6.89. The average molecular weight is 328 g/mol. The molecule has 0 fully saturated rings. The van der Waals surface area contributed by atoms with E-state index < -0.39 is 0 Å². The van der Waals surface area contributed by atoms with Gasteiger partial charge in [-0.25, -0.2) is 9.98 Å². The fourth-order valence-electron chi connectivity index (χ4n) is 1.93. The second-order valence-electron chi connectivity index (χ2n) is 5.52. The molecule has 0 spiro atoms. The van der Waals surface area contributed by atoms with E-state index in [1.807, 2.05) is 56.3 Å². The summed E-state index contributed by atoms with van der Waals surface area (Å²) < 4.78 is 11.1. The van der Waals surface area contributed by atoms with Crippen LogP contribution in [0.4, 0.5) is 0 Å². The van der Waals surface area contributed by atoms with Crippen molar-refractivity contribution in [3.63, 3.8) is 0 Å². The Bertz CT molecular complexity index is 627. The van der Waals surface area contributed by atoms with Gasteiger partial charge >= 0.3 is 0 Å². The number of rotatable bonds is 8. The van der Waals surface area contributed by atoms with Crippen LogP contribution in [0.15, 0.2) is 53.7 Å². The molecule has 1 aromatic carbocycles. The quantitative estimate of drug-likeness (QED) is 0.442. The number of pyridine rings is 1. The third-order valence-corrected chi connectivity index (χ3v) is 3.01. The van der Waals surface area contributed by atoms with Crippen LogP contribution >= 0.6 is 0 Å². The van der Waals surface area contributed by atoms with E-state index in [0.29, 0.717) is 31.6 Å². The van der Waals surface area contributed by atoms with Crippen LogP contribution in [0.25, 0.3) is 0 Å². The minimum atomic E-state index is 0.265. The second kappa shape index (κ2) is 9.39. The first-order valence-electron chi connectivity index (χ1n) is 7.95. The van der Waals surface area contributed by atoms with Crippen LogP contribution in [0.3, 0.4) is 0 Å². The molecule has 0 aliphatic rings. The van der Waals surface area contributed by atoms with Crippen LogP contribution in [0.5, 0.6) is 11.6 Å². The number of guanidine groups is 1. The Hall–Kier alpha value is -2.76. The largest absolute Gasteiger partial charge is 0.490 e. The first-order valence-corrected chi connectivity index (χ1v) is 7.95.